The molecule has 1 fully saturated rings. The molecule has 0 amide bonds. The van der Waals surface area contributed by atoms with Gasteiger partial charge in [-0.05, 0) is 37.1 Å². The number of hydrogen-bond donors (Lipinski definition) is 1. The first-order chi connectivity index (χ1) is 11.3. The monoisotopic (exact) mass is 315 g/mol. The van der Waals surface area contributed by atoms with Crippen molar-refractivity contribution in [2.75, 3.05) is 13.2 Å². The van der Waals surface area contributed by atoms with Gasteiger partial charge < -0.3 is 14.4 Å². The Balaban J connectivity index is 1.55. The van der Waals surface area contributed by atoms with Crippen LogP contribution in [0.25, 0.3) is 0 Å². The molecule has 2 aromatic rings. The Morgan fingerprint density at radius 3 is 2.78 bits per heavy atom. The number of aromatic nitrogens is 2. The SMILES string of the molecule is Cn1ccnc1COc1ccc(CN2CCCC[C@@H]2CO)cc1. The summed E-state index contributed by atoms with van der Waals surface area (Å²) in [6, 6.07) is 8.54. The molecular weight excluding hydrogens is 290 g/mol. The molecule has 1 aromatic carbocycles. The molecule has 23 heavy (non-hydrogen) atoms. The van der Waals surface area contributed by atoms with E-state index in [1.807, 2.05) is 29.9 Å². The third-order valence-corrected chi connectivity index (χ3v) is 4.56. The van der Waals surface area contributed by atoms with Gasteiger partial charge in [-0.3, -0.25) is 4.90 Å². The van der Waals surface area contributed by atoms with Crippen LogP contribution in [0.15, 0.2) is 36.7 Å². The quantitative estimate of drug-likeness (QED) is 0.889. The molecule has 3 rings (SSSR count). The van der Waals surface area contributed by atoms with E-state index in [9.17, 15) is 5.11 Å². The fourth-order valence-corrected chi connectivity index (χ4v) is 3.08. The van der Waals surface area contributed by atoms with Crippen LogP contribution < -0.4 is 4.74 Å². The molecular formula is C18H25N3O2. The van der Waals surface area contributed by atoms with E-state index in [4.69, 9.17) is 4.74 Å². The van der Waals surface area contributed by atoms with Gasteiger partial charge in [0.25, 0.3) is 0 Å². The van der Waals surface area contributed by atoms with Gasteiger partial charge >= 0.3 is 0 Å². The summed E-state index contributed by atoms with van der Waals surface area (Å²) in [5, 5.41) is 9.50. The van der Waals surface area contributed by atoms with Gasteiger partial charge in [0.15, 0.2) is 0 Å². The fourth-order valence-electron chi connectivity index (χ4n) is 3.08. The summed E-state index contributed by atoms with van der Waals surface area (Å²) in [6.07, 6.45) is 7.24. The normalized spacial score (nSPS) is 19.0. The second kappa shape index (κ2) is 7.62. The number of piperidine rings is 1. The highest BCUT2D eigenvalue weighted by atomic mass is 16.5. The van der Waals surface area contributed by atoms with Crippen molar-refractivity contribution in [2.45, 2.75) is 38.5 Å². The molecule has 5 heteroatoms. The van der Waals surface area contributed by atoms with Crippen molar-refractivity contribution in [3.63, 3.8) is 0 Å². The van der Waals surface area contributed by atoms with E-state index in [1.165, 1.54) is 18.4 Å². The largest absolute Gasteiger partial charge is 0.486 e. The van der Waals surface area contributed by atoms with Crippen LogP contribution in [0, 0.1) is 0 Å². The van der Waals surface area contributed by atoms with Crippen LogP contribution in [0.4, 0.5) is 0 Å². The number of aryl methyl sites for hydroxylation is 1. The van der Waals surface area contributed by atoms with Crippen LogP contribution in [0.3, 0.4) is 0 Å². The summed E-state index contributed by atoms with van der Waals surface area (Å²) in [7, 11) is 1.96. The lowest BCUT2D eigenvalue weighted by molar-refractivity contribution is 0.0841. The summed E-state index contributed by atoms with van der Waals surface area (Å²) < 4.78 is 7.74. The number of benzene rings is 1. The van der Waals surface area contributed by atoms with Gasteiger partial charge in [-0.2, -0.15) is 0 Å². The second-order valence-corrected chi connectivity index (χ2v) is 6.19. The van der Waals surface area contributed by atoms with Crippen molar-refractivity contribution in [3.05, 3.63) is 48.0 Å². The predicted octanol–water partition coefficient (Wildman–Crippen LogP) is 2.35. The summed E-state index contributed by atoms with van der Waals surface area (Å²) >= 11 is 0. The molecule has 0 unspecified atom stereocenters. The van der Waals surface area contributed by atoms with E-state index < -0.39 is 0 Å². The molecule has 1 aliphatic rings. The summed E-state index contributed by atoms with van der Waals surface area (Å²) in [5.41, 5.74) is 1.26. The zero-order valence-corrected chi connectivity index (χ0v) is 13.7. The molecule has 1 aliphatic heterocycles. The zero-order chi connectivity index (χ0) is 16.1. The van der Waals surface area contributed by atoms with Gasteiger partial charge in [0.2, 0.25) is 0 Å². The van der Waals surface area contributed by atoms with Crippen LogP contribution in [0.2, 0.25) is 0 Å². The number of rotatable bonds is 6. The second-order valence-electron chi connectivity index (χ2n) is 6.19. The van der Waals surface area contributed by atoms with Gasteiger partial charge in [0.05, 0.1) is 6.61 Å². The van der Waals surface area contributed by atoms with Gasteiger partial charge in [0, 0.05) is 32.0 Å². The molecule has 1 saturated heterocycles. The van der Waals surface area contributed by atoms with Crippen LogP contribution in [-0.4, -0.2) is 38.8 Å². The van der Waals surface area contributed by atoms with Crippen LogP contribution in [-0.2, 0) is 20.2 Å². The lowest BCUT2D eigenvalue weighted by Gasteiger charge is -2.34. The molecule has 0 radical (unpaired) electrons. The van der Waals surface area contributed by atoms with E-state index in [2.05, 4.69) is 22.0 Å². The minimum atomic E-state index is 0.255. The molecule has 2 heterocycles. The number of likely N-dealkylation sites (tertiary alicyclic amines) is 1. The molecule has 0 aliphatic carbocycles. The standard InChI is InChI=1S/C18H25N3O2/c1-20-11-9-19-18(20)14-23-17-7-5-15(6-8-17)12-21-10-3-2-4-16(21)13-22/h5-9,11,16,22H,2-4,10,12-14H2,1H3/t16-/m1/s1. The number of nitrogens with zero attached hydrogens (tertiary/aromatic N) is 3. The zero-order valence-electron chi connectivity index (χ0n) is 13.7. The van der Waals surface area contributed by atoms with Crippen LogP contribution >= 0.6 is 0 Å². The van der Waals surface area contributed by atoms with E-state index in [0.29, 0.717) is 12.6 Å². The molecule has 1 atom stereocenters. The molecule has 5 nitrogen and oxygen atoms in total. The number of ether oxygens (including phenoxy) is 1. The molecule has 1 N–H and O–H groups in total. The summed E-state index contributed by atoms with van der Waals surface area (Å²) in [4.78, 5) is 6.63. The molecule has 0 bridgehead atoms. The Labute approximate surface area is 137 Å². The van der Waals surface area contributed by atoms with Crippen molar-refractivity contribution < 1.29 is 9.84 Å². The first-order valence-corrected chi connectivity index (χ1v) is 8.29. The Morgan fingerprint density at radius 2 is 2.09 bits per heavy atom. The van der Waals surface area contributed by atoms with Crippen molar-refractivity contribution in [1.29, 1.82) is 0 Å². The Morgan fingerprint density at radius 1 is 1.26 bits per heavy atom. The van der Waals surface area contributed by atoms with E-state index >= 15 is 0 Å². The number of aliphatic hydroxyl groups is 1. The van der Waals surface area contributed by atoms with Gasteiger partial charge in [0.1, 0.15) is 18.2 Å². The summed E-state index contributed by atoms with van der Waals surface area (Å²) in [6.45, 7) is 2.69. The van der Waals surface area contributed by atoms with Crippen molar-refractivity contribution in [2.24, 2.45) is 7.05 Å². The summed E-state index contributed by atoms with van der Waals surface area (Å²) in [5.74, 6) is 1.77. The van der Waals surface area contributed by atoms with E-state index in [0.717, 1.165) is 31.1 Å². The van der Waals surface area contributed by atoms with E-state index in [-0.39, 0.29) is 6.61 Å². The van der Waals surface area contributed by atoms with Crippen molar-refractivity contribution in [3.8, 4) is 5.75 Å². The Hall–Kier alpha value is -1.85. The number of hydrogen-bond acceptors (Lipinski definition) is 4. The third-order valence-electron chi connectivity index (χ3n) is 4.56. The highest BCUT2D eigenvalue weighted by molar-refractivity contribution is 5.27. The topological polar surface area (TPSA) is 50.5 Å². The lowest BCUT2D eigenvalue weighted by Crippen LogP contribution is -2.41. The minimum absolute atomic E-state index is 0.255. The maximum Gasteiger partial charge on any atom is 0.146 e. The smallest absolute Gasteiger partial charge is 0.146 e. The van der Waals surface area contributed by atoms with E-state index in [1.54, 1.807) is 6.20 Å². The van der Waals surface area contributed by atoms with Crippen molar-refractivity contribution in [1.82, 2.24) is 14.5 Å². The number of imidazole rings is 1. The predicted molar refractivity (Wildman–Crippen MR) is 89.1 cm³/mol. The average Bonchev–Trinajstić information content (AvgIpc) is 3.00. The van der Waals surface area contributed by atoms with Gasteiger partial charge in [-0.15, -0.1) is 0 Å². The minimum Gasteiger partial charge on any atom is -0.486 e. The first-order valence-electron chi connectivity index (χ1n) is 8.29. The highest BCUT2D eigenvalue weighted by Crippen LogP contribution is 2.21. The van der Waals surface area contributed by atoms with Crippen molar-refractivity contribution >= 4 is 0 Å². The number of aliphatic hydroxyl groups excluding tert-OH is 1. The Bertz CT molecular complexity index is 609. The van der Waals surface area contributed by atoms with Crippen LogP contribution in [0.5, 0.6) is 5.75 Å². The highest BCUT2D eigenvalue weighted by Gasteiger charge is 2.21. The molecule has 0 spiro atoms. The lowest BCUT2D eigenvalue weighted by atomic mass is 10.0. The van der Waals surface area contributed by atoms with Gasteiger partial charge in [-0.25, -0.2) is 4.98 Å². The molecule has 1 aromatic heterocycles. The molecule has 0 saturated carbocycles. The maximum atomic E-state index is 9.50. The fraction of sp³-hybridized carbons (Fsp3) is 0.500. The van der Waals surface area contributed by atoms with Crippen LogP contribution in [0.1, 0.15) is 30.7 Å². The Kier molecular flexibility index (Phi) is 5.31. The molecule has 124 valence electrons. The average molecular weight is 315 g/mol. The van der Waals surface area contributed by atoms with Gasteiger partial charge in [-0.1, -0.05) is 18.6 Å². The first kappa shape index (κ1) is 16.0. The maximum absolute atomic E-state index is 9.50. The third kappa shape index (κ3) is 4.12.